The van der Waals surface area contributed by atoms with Crippen LogP contribution in [0.5, 0.6) is 0 Å². The second-order valence-electron chi connectivity index (χ2n) is 5.01. The molecule has 108 valence electrons. The Bertz CT molecular complexity index is 825. The van der Waals surface area contributed by atoms with Crippen molar-refractivity contribution in [3.05, 3.63) is 58.6 Å². The molecule has 0 saturated carbocycles. The summed E-state index contributed by atoms with van der Waals surface area (Å²) in [7, 11) is 0. The van der Waals surface area contributed by atoms with Crippen molar-refractivity contribution in [3.63, 3.8) is 0 Å². The Morgan fingerprint density at radius 3 is 2.67 bits per heavy atom. The van der Waals surface area contributed by atoms with Crippen molar-refractivity contribution in [2.45, 2.75) is 19.2 Å². The van der Waals surface area contributed by atoms with Gasteiger partial charge < -0.3 is 0 Å². The van der Waals surface area contributed by atoms with E-state index in [9.17, 15) is 4.39 Å². The highest BCUT2D eigenvalue weighted by atomic mass is 35.5. The van der Waals surface area contributed by atoms with Crippen molar-refractivity contribution in [2.24, 2.45) is 0 Å². The fraction of sp³-hybridized carbons (Fsp3) is 0.188. The molecule has 0 radical (unpaired) electrons. The van der Waals surface area contributed by atoms with E-state index in [1.54, 1.807) is 10.6 Å². The first-order chi connectivity index (χ1) is 9.97. The maximum absolute atomic E-state index is 14.3. The molecule has 0 N–H and O–H groups in total. The lowest BCUT2D eigenvalue weighted by Gasteiger charge is -2.12. The zero-order valence-electron chi connectivity index (χ0n) is 11.6. The smallest absolute Gasteiger partial charge is 0.147 e. The molecule has 0 aliphatic heterocycles. The first-order valence-corrected chi connectivity index (χ1v) is 7.37. The standard InChI is InChI=1S/C16H13Cl2FN2/c1-9-3-6-13-15(7-9)21(16(20-13)10(2)17)14-8-11(18)4-5-12(14)19/h3-8,10H,1-2H3. The normalized spacial score (nSPS) is 12.8. The van der Waals surface area contributed by atoms with Gasteiger partial charge in [0.1, 0.15) is 11.6 Å². The SMILES string of the molecule is Cc1ccc2nc(C(C)Cl)n(-c3cc(Cl)ccc3F)c2c1. The lowest BCUT2D eigenvalue weighted by atomic mass is 10.2. The molecule has 2 nitrogen and oxygen atoms in total. The highest BCUT2D eigenvalue weighted by Gasteiger charge is 2.19. The molecule has 3 aromatic rings. The molecule has 0 saturated heterocycles. The van der Waals surface area contributed by atoms with Gasteiger partial charge in [-0.15, -0.1) is 11.6 Å². The Hall–Kier alpha value is -1.58. The van der Waals surface area contributed by atoms with Crippen molar-refractivity contribution in [2.75, 3.05) is 0 Å². The maximum Gasteiger partial charge on any atom is 0.147 e. The van der Waals surface area contributed by atoms with Crippen molar-refractivity contribution < 1.29 is 4.39 Å². The Labute approximate surface area is 132 Å². The van der Waals surface area contributed by atoms with Crippen molar-refractivity contribution in [1.82, 2.24) is 9.55 Å². The highest BCUT2D eigenvalue weighted by molar-refractivity contribution is 6.30. The number of benzene rings is 2. The van der Waals surface area contributed by atoms with E-state index in [2.05, 4.69) is 4.98 Å². The summed E-state index contributed by atoms with van der Waals surface area (Å²) in [4.78, 5) is 4.52. The number of aromatic nitrogens is 2. The first-order valence-electron chi connectivity index (χ1n) is 6.56. The third-order valence-corrected chi connectivity index (χ3v) is 3.77. The predicted molar refractivity (Wildman–Crippen MR) is 85.0 cm³/mol. The first kappa shape index (κ1) is 14.4. The van der Waals surface area contributed by atoms with Gasteiger partial charge in [-0.25, -0.2) is 9.37 Å². The van der Waals surface area contributed by atoms with Gasteiger partial charge in [0.15, 0.2) is 0 Å². The number of alkyl halides is 1. The van der Waals surface area contributed by atoms with Crippen molar-refractivity contribution in [3.8, 4) is 5.69 Å². The fourth-order valence-electron chi connectivity index (χ4n) is 2.38. The van der Waals surface area contributed by atoms with E-state index in [0.29, 0.717) is 16.5 Å². The van der Waals surface area contributed by atoms with Crippen LogP contribution in [0.3, 0.4) is 0 Å². The van der Waals surface area contributed by atoms with Gasteiger partial charge in [-0.2, -0.15) is 0 Å². The number of hydrogen-bond donors (Lipinski definition) is 0. The molecule has 0 aliphatic carbocycles. The summed E-state index contributed by atoms with van der Waals surface area (Å²) in [6.07, 6.45) is 0. The minimum Gasteiger partial charge on any atom is -0.292 e. The molecule has 5 heteroatoms. The van der Waals surface area contributed by atoms with Crippen molar-refractivity contribution in [1.29, 1.82) is 0 Å². The summed E-state index contributed by atoms with van der Waals surface area (Å²) in [5.74, 6) is 0.234. The number of fused-ring (bicyclic) bond motifs is 1. The average molecular weight is 323 g/mol. The van der Waals surface area contributed by atoms with Crippen LogP contribution in [0.4, 0.5) is 4.39 Å². The van der Waals surface area contributed by atoms with E-state index >= 15 is 0 Å². The van der Waals surface area contributed by atoms with Crippen LogP contribution >= 0.6 is 23.2 Å². The Kier molecular flexibility index (Phi) is 3.64. The molecule has 1 atom stereocenters. The largest absolute Gasteiger partial charge is 0.292 e. The van der Waals surface area contributed by atoms with Gasteiger partial charge >= 0.3 is 0 Å². The van der Waals surface area contributed by atoms with E-state index in [1.807, 2.05) is 32.0 Å². The van der Waals surface area contributed by atoms with E-state index in [-0.39, 0.29) is 11.2 Å². The van der Waals surface area contributed by atoms with Gasteiger partial charge in [-0.1, -0.05) is 17.7 Å². The minimum absolute atomic E-state index is 0.351. The third-order valence-electron chi connectivity index (χ3n) is 3.34. The van der Waals surface area contributed by atoms with E-state index < -0.39 is 0 Å². The maximum atomic E-state index is 14.3. The number of halogens is 3. The fourth-order valence-corrected chi connectivity index (χ4v) is 2.69. The van der Waals surface area contributed by atoms with Crippen LogP contribution in [0.1, 0.15) is 23.7 Å². The number of aryl methyl sites for hydroxylation is 1. The topological polar surface area (TPSA) is 17.8 Å². The van der Waals surface area contributed by atoms with Crippen LogP contribution < -0.4 is 0 Å². The van der Waals surface area contributed by atoms with Gasteiger partial charge in [-0.05, 0) is 49.7 Å². The van der Waals surface area contributed by atoms with Crippen molar-refractivity contribution >= 4 is 34.2 Å². The monoisotopic (exact) mass is 322 g/mol. The third kappa shape index (κ3) is 2.52. The van der Waals surface area contributed by atoms with Gasteiger partial charge in [0.05, 0.1) is 22.1 Å². The second-order valence-corrected chi connectivity index (χ2v) is 6.10. The molecule has 1 aromatic heterocycles. The molecule has 0 spiro atoms. The number of nitrogens with zero attached hydrogens (tertiary/aromatic N) is 2. The van der Waals surface area contributed by atoms with Crippen LogP contribution in [0.25, 0.3) is 16.7 Å². The summed E-state index contributed by atoms with van der Waals surface area (Å²) >= 11 is 12.2. The van der Waals surface area contributed by atoms with E-state index in [4.69, 9.17) is 23.2 Å². The van der Waals surface area contributed by atoms with Gasteiger partial charge in [-0.3, -0.25) is 4.57 Å². The molecule has 2 aromatic carbocycles. The number of rotatable bonds is 2. The van der Waals surface area contributed by atoms with Crippen LogP contribution in [-0.4, -0.2) is 9.55 Å². The Morgan fingerprint density at radius 1 is 1.19 bits per heavy atom. The molecule has 3 rings (SSSR count). The quantitative estimate of drug-likeness (QED) is 0.575. The minimum atomic E-state index is -0.362. The molecule has 0 aliphatic rings. The summed E-state index contributed by atoms with van der Waals surface area (Å²) in [6, 6.07) is 10.3. The molecular formula is C16H13Cl2FN2. The zero-order chi connectivity index (χ0) is 15.1. The van der Waals surface area contributed by atoms with Gasteiger partial charge in [0, 0.05) is 5.02 Å². The van der Waals surface area contributed by atoms with E-state index in [1.165, 1.54) is 12.1 Å². The van der Waals surface area contributed by atoms with Gasteiger partial charge in [0.25, 0.3) is 0 Å². The molecule has 1 heterocycles. The summed E-state index contributed by atoms with van der Waals surface area (Å²) in [6.45, 7) is 3.80. The molecule has 0 fully saturated rings. The lowest BCUT2D eigenvalue weighted by molar-refractivity contribution is 0.616. The lowest BCUT2D eigenvalue weighted by Crippen LogP contribution is -2.04. The predicted octanol–water partition coefficient (Wildman–Crippen LogP) is 5.43. The molecule has 0 bridgehead atoms. The molecule has 0 amide bonds. The van der Waals surface area contributed by atoms with Crippen LogP contribution in [0.15, 0.2) is 36.4 Å². The second kappa shape index (κ2) is 5.32. The average Bonchev–Trinajstić information content (AvgIpc) is 2.80. The Balaban J connectivity index is 2.41. The highest BCUT2D eigenvalue weighted by Crippen LogP contribution is 2.30. The van der Waals surface area contributed by atoms with Crippen LogP contribution in [0, 0.1) is 12.7 Å². The number of imidazole rings is 1. The molecular weight excluding hydrogens is 310 g/mol. The van der Waals surface area contributed by atoms with E-state index in [0.717, 1.165) is 16.6 Å². The van der Waals surface area contributed by atoms with Crippen LogP contribution in [-0.2, 0) is 0 Å². The number of hydrogen-bond acceptors (Lipinski definition) is 1. The summed E-state index contributed by atoms with van der Waals surface area (Å²) < 4.78 is 16.0. The summed E-state index contributed by atoms with van der Waals surface area (Å²) in [5, 5.41) is 0.116. The molecule has 1 unspecified atom stereocenters. The van der Waals surface area contributed by atoms with Gasteiger partial charge in [0.2, 0.25) is 0 Å². The zero-order valence-corrected chi connectivity index (χ0v) is 13.1. The summed E-state index contributed by atoms with van der Waals surface area (Å²) in [5.41, 5.74) is 3.03. The Morgan fingerprint density at radius 2 is 1.95 bits per heavy atom. The molecule has 21 heavy (non-hydrogen) atoms. The van der Waals surface area contributed by atoms with Crippen LogP contribution in [0.2, 0.25) is 5.02 Å².